The first-order chi connectivity index (χ1) is 12.9. The van der Waals surface area contributed by atoms with Gasteiger partial charge in [0.15, 0.2) is 0 Å². The van der Waals surface area contributed by atoms with Crippen LogP contribution in [0.4, 0.5) is 0 Å². The number of nitrogens with one attached hydrogen (secondary N) is 2. The average molecular weight is 369 g/mol. The number of pyridine rings is 1. The number of rotatable bonds is 8. The first-order valence-corrected chi connectivity index (χ1v) is 9.17. The van der Waals surface area contributed by atoms with Crippen molar-refractivity contribution < 1.29 is 14.3 Å². The van der Waals surface area contributed by atoms with Crippen LogP contribution in [-0.4, -0.2) is 29.4 Å². The Morgan fingerprint density at radius 3 is 2.30 bits per heavy atom. The summed E-state index contributed by atoms with van der Waals surface area (Å²) in [6, 6.07) is 11.5. The van der Waals surface area contributed by atoms with E-state index < -0.39 is 6.04 Å². The lowest BCUT2D eigenvalue weighted by atomic mass is 10.0. The van der Waals surface area contributed by atoms with E-state index >= 15 is 0 Å². The number of hydrogen-bond donors (Lipinski definition) is 2. The van der Waals surface area contributed by atoms with Gasteiger partial charge in [-0.05, 0) is 56.2 Å². The first-order valence-electron chi connectivity index (χ1n) is 9.17. The second kappa shape index (κ2) is 9.71. The minimum absolute atomic E-state index is 0.0624. The zero-order valence-corrected chi connectivity index (χ0v) is 16.2. The van der Waals surface area contributed by atoms with E-state index in [4.69, 9.17) is 4.74 Å². The number of hydrogen-bond acceptors (Lipinski definition) is 4. The summed E-state index contributed by atoms with van der Waals surface area (Å²) in [4.78, 5) is 29.5. The second-order valence-electron chi connectivity index (χ2n) is 6.64. The minimum atomic E-state index is -0.643. The Kier molecular flexibility index (Phi) is 7.34. The molecule has 0 aliphatic heterocycles. The van der Waals surface area contributed by atoms with E-state index in [0.717, 1.165) is 5.69 Å². The highest BCUT2D eigenvalue weighted by atomic mass is 16.5. The van der Waals surface area contributed by atoms with Crippen LogP contribution in [0.15, 0.2) is 48.7 Å². The fourth-order valence-corrected chi connectivity index (χ4v) is 2.64. The summed E-state index contributed by atoms with van der Waals surface area (Å²) in [5.41, 5.74) is 1.25. The maximum atomic E-state index is 12.7. The van der Waals surface area contributed by atoms with E-state index in [1.165, 1.54) is 0 Å². The molecule has 1 heterocycles. The van der Waals surface area contributed by atoms with Crippen LogP contribution in [0.1, 0.15) is 49.8 Å². The van der Waals surface area contributed by atoms with Gasteiger partial charge >= 0.3 is 0 Å². The maximum absolute atomic E-state index is 12.7. The van der Waals surface area contributed by atoms with Crippen LogP contribution in [0.2, 0.25) is 0 Å². The predicted octanol–water partition coefficient (Wildman–Crippen LogP) is 3.11. The molecule has 6 nitrogen and oxygen atoms in total. The third kappa shape index (κ3) is 5.81. The molecular formula is C21H27N3O3. The quantitative estimate of drug-likeness (QED) is 0.749. The fourth-order valence-electron chi connectivity index (χ4n) is 2.64. The zero-order chi connectivity index (χ0) is 19.8. The summed E-state index contributed by atoms with van der Waals surface area (Å²) >= 11 is 0. The highest BCUT2D eigenvalue weighted by molar-refractivity contribution is 5.97. The number of carbonyl (C=O) groups is 2. The van der Waals surface area contributed by atoms with Crippen molar-refractivity contribution in [1.29, 1.82) is 0 Å². The molecule has 1 aromatic heterocycles. The van der Waals surface area contributed by atoms with Crippen LogP contribution in [0.3, 0.4) is 0 Å². The molecule has 144 valence electrons. The molecule has 27 heavy (non-hydrogen) atoms. The Morgan fingerprint density at radius 2 is 1.74 bits per heavy atom. The molecule has 0 spiro atoms. The number of aromatic nitrogens is 1. The van der Waals surface area contributed by atoms with Gasteiger partial charge in [0, 0.05) is 11.8 Å². The fraction of sp³-hybridized carbons (Fsp3) is 0.381. The van der Waals surface area contributed by atoms with Gasteiger partial charge in [-0.25, -0.2) is 0 Å². The van der Waals surface area contributed by atoms with Crippen LogP contribution in [0.5, 0.6) is 5.75 Å². The van der Waals surface area contributed by atoms with Gasteiger partial charge < -0.3 is 15.4 Å². The van der Waals surface area contributed by atoms with E-state index in [-0.39, 0.29) is 23.8 Å². The van der Waals surface area contributed by atoms with Crippen LogP contribution in [0.25, 0.3) is 0 Å². The zero-order valence-electron chi connectivity index (χ0n) is 16.2. The monoisotopic (exact) mass is 369 g/mol. The van der Waals surface area contributed by atoms with E-state index in [1.54, 1.807) is 30.5 Å². The van der Waals surface area contributed by atoms with Crippen molar-refractivity contribution in [2.75, 3.05) is 6.61 Å². The summed E-state index contributed by atoms with van der Waals surface area (Å²) in [5, 5.41) is 5.75. The molecule has 2 N–H and O–H groups in total. The molecule has 2 unspecified atom stereocenters. The molecule has 0 radical (unpaired) electrons. The van der Waals surface area contributed by atoms with Crippen LogP contribution in [0, 0.1) is 5.92 Å². The van der Waals surface area contributed by atoms with Gasteiger partial charge in [0.1, 0.15) is 11.8 Å². The summed E-state index contributed by atoms with van der Waals surface area (Å²) in [5.74, 6) is 0.115. The second-order valence-corrected chi connectivity index (χ2v) is 6.64. The molecular weight excluding hydrogens is 342 g/mol. The lowest BCUT2D eigenvalue weighted by Gasteiger charge is -2.24. The summed E-state index contributed by atoms with van der Waals surface area (Å²) in [7, 11) is 0. The Hall–Kier alpha value is -2.89. The van der Waals surface area contributed by atoms with Gasteiger partial charge in [-0.15, -0.1) is 0 Å². The van der Waals surface area contributed by atoms with Crippen LogP contribution >= 0.6 is 0 Å². The van der Waals surface area contributed by atoms with Crippen molar-refractivity contribution in [2.24, 2.45) is 5.92 Å². The number of ether oxygens (including phenoxy) is 1. The average Bonchev–Trinajstić information content (AvgIpc) is 2.67. The van der Waals surface area contributed by atoms with E-state index in [2.05, 4.69) is 15.6 Å². The molecule has 2 aromatic rings. The van der Waals surface area contributed by atoms with Crippen molar-refractivity contribution in [1.82, 2.24) is 15.6 Å². The minimum Gasteiger partial charge on any atom is -0.494 e. The number of carbonyl (C=O) groups excluding carboxylic acids is 2. The highest BCUT2D eigenvalue weighted by Gasteiger charge is 2.26. The van der Waals surface area contributed by atoms with E-state index in [1.807, 2.05) is 45.9 Å². The van der Waals surface area contributed by atoms with Gasteiger partial charge in [-0.1, -0.05) is 19.9 Å². The summed E-state index contributed by atoms with van der Waals surface area (Å²) in [6.45, 7) is 8.13. The SMILES string of the molecule is CCOc1ccc(C(=O)NC(C(=O)NC(C)c2ccccn2)C(C)C)cc1. The summed E-state index contributed by atoms with van der Waals surface area (Å²) < 4.78 is 5.38. The molecule has 2 atom stereocenters. The number of benzene rings is 1. The normalized spacial score (nSPS) is 12.9. The third-order valence-electron chi connectivity index (χ3n) is 4.15. The lowest BCUT2D eigenvalue weighted by molar-refractivity contribution is -0.124. The molecule has 0 saturated carbocycles. The first kappa shape index (κ1) is 20.4. The van der Waals surface area contributed by atoms with Gasteiger partial charge in [0.25, 0.3) is 5.91 Å². The van der Waals surface area contributed by atoms with Gasteiger partial charge in [0.2, 0.25) is 5.91 Å². The Morgan fingerprint density at radius 1 is 1.04 bits per heavy atom. The third-order valence-corrected chi connectivity index (χ3v) is 4.15. The molecule has 2 amide bonds. The van der Waals surface area contributed by atoms with Crippen molar-refractivity contribution in [3.8, 4) is 5.75 Å². The van der Waals surface area contributed by atoms with Crippen LogP contribution < -0.4 is 15.4 Å². The molecule has 1 aromatic carbocycles. The Balaban J connectivity index is 2.03. The smallest absolute Gasteiger partial charge is 0.251 e. The van der Waals surface area contributed by atoms with Gasteiger partial charge in [-0.3, -0.25) is 14.6 Å². The highest BCUT2D eigenvalue weighted by Crippen LogP contribution is 2.14. The summed E-state index contributed by atoms with van der Waals surface area (Å²) in [6.07, 6.45) is 1.69. The molecule has 0 saturated heterocycles. The predicted molar refractivity (Wildman–Crippen MR) is 104 cm³/mol. The Labute approximate surface area is 160 Å². The van der Waals surface area contributed by atoms with Gasteiger partial charge in [-0.2, -0.15) is 0 Å². The Bertz CT molecular complexity index is 745. The number of nitrogens with zero attached hydrogens (tertiary/aromatic N) is 1. The molecule has 0 aliphatic carbocycles. The van der Waals surface area contributed by atoms with Crippen molar-refractivity contribution >= 4 is 11.8 Å². The van der Waals surface area contributed by atoms with Crippen LogP contribution in [-0.2, 0) is 4.79 Å². The van der Waals surface area contributed by atoms with Crippen molar-refractivity contribution in [3.05, 3.63) is 59.9 Å². The molecule has 2 rings (SSSR count). The van der Waals surface area contributed by atoms with E-state index in [9.17, 15) is 9.59 Å². The molecule has 0 bridgehead atoms. The van der Waals surface area contributed by atoms with Crippen molar-refractivity contribution in [3.63, 3.8) is 0 Å². The van der Waals surface area contributed by atoms with Gasteiger partial charge in [0.05, 0.1) is 18.3 Å². The topological polar surface area (TPSA) is 80.3 Å². The van der Waals surface area contributed by atoms with Crippen molar-refractivity contribution in [2.45, 2.75) is 39.8 Å². The molecule has 0 aliphatic rings. The largest absolute Gasteiger partial charge is 0.494 e. The number of amides is 2. The molecule has 0 fully saturated rings. The maximum Gasteiger partial charge on any atom is 0.251 e. The standard InChI is InChI=1S/C21H27N3O3/c1-5-27-17-11-9-16(10-12-17)20(25)24-19(14(2)3)21(26)23-15(4)18-8-6-7-13-22-18/h6-15,19H,5H2,1-4H3,(H,23,26)(H,24,25). The van der Waals surface area contributed by atoms with E-state index in [0.29, 0.717) is 17.9 Å². The lowest BCUT2D eigenvalue weighted by Crippen LogP contribution is -2.50. The molecule has 6 heteroatoms.